The number of para-hydroxylation sites is 1. The molecule has 1 atom stereocenters. The van der Waals surface area contributed by atoms with Crippen molar-refractivity contribution in [3.05, 3.63) is 66.4 Å². The van der Waals surface area contributed by atoms with Crippen molar-refractivity contribution in [1.29, 1.82) is 0 Å². The SMILES string of the molecule is CC(Nc1c2ccccc2nc2c1cnn2Cc1ccccc1)C1CCCCC1. The molecule has 0 aliphatic heterocycles. The lowest BCUT2D eigenvalue weighted by molar-refractivity contribution is 0.328. The van der Waals surface area contributed by atoms with Crippen molar-refractivity contribution in [2.24, 2.45) is 5.92 Å². The maximum atomic E-state index is 4.97. The summed E-state index contributed by atoms with van der Waals surface area (Å²) in [4.78, 5) is 4.97. The lowest BCUT2D eigenvalue weighted by Gasteiger charge is -2.29. The van der Waals surface area contributed by atoms with Crippen LogP contribution in [0.3, 0.4) is 0 Å². The second-order valence-corrected chi connectivity index (χ2v) is 8.36. The van der Waals surface area contributed by atoms with Gasteiger partial charge in [0.15, 0.2) is 5.65 Å². The highest BCUT2D eigenvalue weighted by Crippen LogP contribution is 2.34. The second kappa shape index (κ2) is 7.86. The summed E-state index contributed by atoms with van der Waals surface area (Å²) < 4.78 is 2.02. The Labute approximate surface area is 172 Å². The van der Waals surface area contributed by atoms with Gasteiger partial charge in [-0.05, 0) is 37.3 Å². The molecule has 4 heteroatoms. The Balaban J connectivity index is 1.57. The molecule has 0 bridgehead atoms. The summed E-state index contributed by atoms with van der Waals surface area (Å²) in [5.41, 5.74) is 4.39. The molecular weight excluding hydrogens is 356 g/mol. The van der Waals surface area contributed by atoms with Crippen LogP contribution < -0.4 is 5.32 Å². The normalized spacial score (nSPS) is 16.3. The average molecular weight is 385 g/mol. The zero-order chi connectivity index (χ0) is 19.6. The van der Waals surface area contributed by atoms with Crippen molar-refractivity contribution in [2.75, 3.05) is 5.32 Å². The van der Waals surface area contributed by atoms with Gasteiger partial charge in [-0.2, -0.15) is 5.10 Å². The smallest absolute Gasteiger partial charge is 0.160 e. The third kappa shape index (κ3) is 3.59. The molecule has 2 aromatic heterocycles. The van der Waals surface area contributed by atoms with Crippen LogP contribution in [0.5, 0.6) is 0 Å². The van der Waals surface area contributed by atoms with E-state index in [9.17, 15) is 0 Å². The molecule has 0 spiro atoms. The van der Waals surface area contributed by atoms with Crippen molar-refractivity contribution < 1.29 is 0 Å². The van der Waals surface area contributed by atoms with Crippen LogP contribution in [0.15, 0.2) is 60.8 Å². The standard InChI is InChI=1S/C25H28N4/c1-18(20-12-6-3-7-13-20)27-24-21-14-8-9-15-23(21)28-25-22(24)16-26-29(25)17-19-10-4-2-5-11-19/h2,4-5,8-11,14-16,18,20H,3,6-7,12-13,17H2,1H3,(H,27,28). The minimum absolute atomic E-state index is 0.446. The van der Waals surface area contributed by atoms with E-state index >= 15 is 0 Å². The van der Waals surface area contributed by atoms with Crippen LogP contribution in [0.2, 0.25) is 0 Å². The summed E-state index contributed by atoms with van der Waals surface area (Å²) in [6.45, 7) is 3.07. The number of hydrogen-bond acceptors (Lipinski definition) is 3. The van der Waals surface area contributed by atoms with Crippen molar-refractivity contribution in [3.8, 4) is 0 Å². The number of aromatic nitrogens is 3. The number of pyridine rings is 1. The molecule has 1 fully saturated rings. The number of nitrogens with one attached hydrogen (secondary N) is 1. The summed E-state index contributed by atoms with van der Waals surface area (Å²) >= 11 is 0. The van der Waals surface area contributed by atoms with Gasteiger partial charge in [0.2, 0.25) is 0 Å². The van der Waals surface area contributed by atoms with Crippen LogP contribution in [0.1, 0.15) is 44.6 Å². The maximum Gasteiger partial charge on any atom is 0.160 e. The van der Waals surface area contributed by atoms with Crippen LogP contribution in [0.25, 0.3) is 21.9 Å². The van der Waals surface area contributed by atoms with E-state index in [4.69, 9.17) is 10.1 Å². The number of nitrogens with zero attached hydrogens (tertiary/aromatic N) is 3. The number of anilines is 1. The van der Waals surface area contributed by atoms with Gasteiger partial charge < -0.3 is 5.32 Å². The fourth-order valence-corrected chi connectivity index (χ4v) is 4.72. The molecule has 0 saturated heterocycles. The average Bonchev–Trinajstić information content (AvgIpc) is 3.17. The van der Waals surface area contributed by atoms with Gasteiger partial charge in [-0.3, -0.25) is 0 Å². The summed E-state index contributed by atoms with van der Waals surface area (Å²) in [7, 11) is 0. The number of benzene rings is 2. The Morgan fingerprint density at radius 2 is 1.72 bits per heavy atom. The Hall–Kier alpha value is -2.88. The minimum atomic E-state index is 0.446. The molecule has 1 aliphatic rings. The van der Waals surface area contributed by atoms with E-state index in [1.807, 2.05) is 16.9 Å². The molecule has 1 unspecified atom stereocenters. The van der Waals surface area contributed by atoms with E-state index in [2.05, 4.69) is 60.8 Å². The Morgan fingerprint density at radius 3 is 2.55 bits per heavy atom. The van der Waals surface area contributed by atoms with Gasteiger partial charge in [-0.25, -0.2) is 9.67 Å². The van der Waals surface area contributed by atoms with E-state index in [-0.39, 0.29) is 0 Å². The predicted octanol–water partition coefficient (Wildman–Crippen LogP) is 6.01. The van der Waals surface area contributed by atoms with Crippen molar-refractivity contribution >= 4 is 27.6 Å². The summed E-state index contributed by atoms with van der Waals surface area (Å²) in [5.74, 6) is 0.741. The molecule has 4 aromatic rings. The Kier molecular flexibility index (Phi) is 4.92. The molecule has 0 amide bonds. The molecule has 5 rings (SSSR count). The molecule has 4 nitrogen and oxygen atoms in total. The number of hydrogen-bond donors (Lipinski definition) is 1. The molecule has 1 aliphatic carbocycles. The molecule has 0 radical (unpaired) electrons. The van der Waals surface area contributed by atoms with Gasteiger partial charge in [0, 0.05) is 11.4 Å². The van der Waals surface area contributed by atoms with Crippen molar-refractivity contribution in [2.45, 2.75) is 51.6 Å². The van der Waals surface area contributed by atoms with Gasteiger partial charge in [0.05, 0.1) is 29.3 Å². The van der Waals surface area contributed by atoms with Crippen LogP contribution in [0, 0.1) is 5.92 Å². The largest absolute Gasteiger partial charge is 0.381 e. The highest BCUT2D eigenvalue weighted by molar-refractivity contribution is 6.06. The summed E-state index contributed by atoms with van der Waals surface area (Å²) in [5, 5.41) is 10.9. The van der Waals surface area contributed by atoms with Crippen LogP contribution in [-0.4, -0.2) is 20.8 Å². The quantitative estimate of drug-likeness (QED) is 0.458. The van der Waals surface area contributed by atoms with Gasteiger partial charge in [0.25, 0.3) is 0 Å². The molecule has 2 aromatic carbocycles. The molecule has 148 valence electrons. The van der Waals surface area contributed by atoms with Crippen molar-refractivity contribution in [3.63, 3.8) is 0 Å². The van der Waals surface area contributed by atoms with E-state index in [0.717, 1.165) is 29.0 Å². The van der Waals surface area contributed by atoms with Crippen LogP contribution in [-0.2, 0) is 6.54 Å². The van der Waals surface area contributed by atoms with Gasteiger partial charge in [-0.15, -0.1) is 0 Å². The van der Waals surface area contributed by atoms with Crippen LogP contribution in [0.4, 0.5) is 5.69 Å². The summed E-state index contributed by atoms with van der Waals surface area (Å²) in [6.07, 6.45) is 8.74. The highest BCUT2D eigenvalue weighted by atomic mass is 15.3. The van der Waals surface area contributed by atoms with E-state index in [0.29, 0.717) is 6.04 Å². The number of rotatable bonds is 5. The van der Waals surface area contributed by atoms with E-state index in [1.54, 1.807) is 0 Å². The predicted molar refractivity (Wildman–Crippen MR) is 120 cm³/mol. The minimum Gasteiger partial charge on any atom is -0.381 e. The lowest BCUT2D eigenvalue weighted by atomic mass is 9.84. The molecule has 29 heavy (non-hydrogen) atoms. The fourth-order valence-electron chi connectivity index (χ4n) is 4.72. The maximum absolute atomic E-state index is 4.97. The monoisotopic (exact) mass is 384 g/mol. The fraction of sp³-hybridized carbons (Fsp3) is 0.360. The first kappa shape index (κ1) is 18.2. The van der Waals surface area contributed by atoms with Crippen molar-refractivity contribution in [1.82, 2.24) is 14.8 Å². The highest BCUT2D eigenvalue weighted by Gasteiger charge is 2.22. The number of fused-ring (bicyclic) bond motifs is 2. The van der Waals surface area contributed by atoms with Gasteiger partial charge >= 0.3 is 0 Å². The zero-order valence-corrected chi connectivity index (χ0v) is 17.0. The summed E-state index contributed by atoms with van der Waals surface area (Å²) in [6, 6.07) is 19.3. The molecular formula is C25H28N4. The van der Waals surface area contributed by atoms with Crippen LogP contribution >= 0.6 is 0 Å². The first-order chi connectivity index (χ1) is 14.3. The molecule has 1 N–H and O–H groups in total. The third-order valence-corrected chi connectivity index (χ3v) is 6.38. The third-order valence-electron chi connectivity index (χ3n) is 6.38. The lowest BCUT2D eigenvalue weighted by Crippen LogP contribution is -2.27. The second-order valence-electron chi connectivity index (χ2n) is 8.36. The van der Waals surface area contributed by atoms with E-state index < -0.39 is 0 Å². The molecule has 1 saturated carbocycles. The van der Waals surface area contributed by atoms with Gasteiger partial charge in [0.1, 0.15) is 0 Å². The Morgan fingerprint density at radius 1 is 0.966 bits per heavy atom. The Bertz CT molecular complexity index is 1110. The molecule has 2 heterocycles. The zero-order valence-electron chi connectivity index (χ0n) is 17.0. The van der Waals surface area contributed by atoms with Gasteiger partial charge in [-0.1, -0.05) is 67.8 Å². The van der Waals surface area contributed by atoms with E-state index in [1.165, 1.54) is 48.7 Å². The first-order valence-electron chi connectivity index (χ1n) is 10.8. The first-order valence-corrected chi connectivity index (χ1v) is 10.8. The topological polar surface area (TPSA) is 42.7 Å².